The molecular weight excluding hydrogens is 342 g/mol. The third-order valence-corrected chi connectivity index (χ3v) is 3.72. The highest BCUT2D eigenvalue weighted by Gasteiger charge is 2.12. The zero-order valence-electron chi connectivity index (χ0n) is 14.8. The lowest BCUT2D eigenvalue weighted by molar-refractivity contribution is 0.102. The maximum Gasteiger partial charge on any atom is 0.257 e. The number of benzene rings is 2. The average molecular weight is 361 g/mol. The van der Waals surface area contributed by atoms with Crippen LogP contribution in [0.5, 0.6) is 5.75 Å². The number of hydrogen-bond donors (Lipinski definition) is 2. The van der Waals surface area contributed by atoms with Gasteiger partial charge in [0.05, 0.1) is 17.7 Å². The molecule has 0 bridgehead atoms. The number of hydrogen-bond acceptors (Lipinski definition) is 4. The van der Waals surface area contributed by atoms with Crippen LogP contribution in [0.3, 0.4) is 0 Å². The summed E-state index contributed by atoms with van der Waals surface area (Å²) in [5, 5.41) is 5.54. The van der Waals surface area contributed by atoms with Gasteiger partial charge in [0.25, 0.3) is 11.8 Å². The normalized spacial score (nSPS) is 10.1. The van der Waals surface area contributed by atoms with Crippen molar-refractivity contribution >= 4 is 23.2 Å². The molecule has 0 saturated heterocycles. The zero-order valence-corrected chi connectivity index (χ0v) is 14.8. The molecule has 0 aliphatic carbocycles. The topological polar surface area (TPSA) is 80.3 Å². The predicted octanol–water partition coefficient (Wildman–Crippen LogP) is 3.98. The van der Waals surface area contributed by atoms with E-state index >= 15 is 0 Å². The Balaban J connectivity index is 1.68. The number of pyridine rings is 1. The van der Waals surface area contributed by atoms with E-state index < -0.39 is 0 Å². The number of carbonyl (C=O) groups is 2. The number of nitrogens with zero attached hydrogens (tertiary/aromatic N) is 1. The molecule has 2 amide bonds. The molecule has 0 saturated carbocycles. The fourth-order valence-electron chi connectivity index (χ4n) is 2.42. The van der Waals surface area contributed by atoms with E-state index in [1.807, 2.05) is 25.1 Å². The second-order valence-corrected chi connectivity index (χ2v) is 5.69. The Morgan fingerprint density at radius 2 is 1.41 bits per heavy atom. The van der Waals surface area contributed by atoms with Crippen molar-refractivity contribution in [3.8, 4) is 5.75 Å². The van der Waals surface area contributed by atoms with Gasteiger partial charge in [-0.15, -0.1) is 0 Å². The fourth-order valence-corrected chi connectivity index (χ4v) is 2.42. The van der Waals surface area contributed by atoms with E-state index in [0.29, 0.717) is 29.1 Å². The van der Waals surface area contributed by atoms with Crippen molar-refractivity contribution in [2.75, 3.05) is 17.2 Å². The van der Waals surface area contributed by atoms with Gasteiger partial charge >= 0.3 is 0 Å². The van der Waals surface area contributed by atoms with Gasteiger partial charge < -0.3 is 15.4 Å². The molecule has 2 aromatic carbocycles. The summed E-state index contributed by atoms with van der Waals surface area (Å²) in [5.41, 5.74) is 1.90. The Kier molecular flexibility index (Phi) is 5.79. The number of carbonyl (C=O) groups excluding carboxylic acids is 2. The summed E-state index contributed by atoms with van der Waals surface area (Å²) in [7, 11) is 0. The maximum absolute atomic E-state index is 12.4. The molecule has 0 aliphatic heterocycles. The minimum atomic E-state index is -0.346. The molecule has 136 valence electrons. The van der Waals surface area contributed by atoms with E-state index in [1.165, 1.54) is 18.5 Å². The number of anilines is 2. The van der Waals surface area contributed by atoms with Gasteiger partial charge in [0.1, 0.15) is 5.75 Å². The Morgan fingerprint density at radius 1 is 0.852 bits per heavy atom. The third kappa shape index (κ3) is 4.92. The van der Waals surface area contributed by atoms with Crippen molar-refractivity contribution < 1.29 is 14.3 Å². The summed E-state index contributed by atoms with van der Waals surface area (Å²) < 4.78 is 5.37. The summed E-state index contributed by atoms with van der Waals surface area (Å²) in [6, 6.07) is 17.7. The first-order valence-corrected chi connectivity index (χ1v) is 8.51. The molecule has 3 rings (SSSR count). The van der Waals surface area contributed by atoms with Gasteiger partial charge in [-0.3, -0.25) is 14.6 Å². The smallest absolute Gasteiger partial charge is 0.257 e. The second-order valence-electron chi connectivity index (χ2n) is 5.69. The molecule has 2 N–H and O–H groups in total. The van der Waals surface area contributed by atoms with Crippen LogP contribution < -0.4 is 15.4 Å². The molecule has 0 spiro atoms. The van der Waals surface area contributed by atoms with Crippen LogP contribution in [0.1, 0.15) is 27.6 Å². The minimum Gasteiger partial charge on any atom is -0.494 e. The van der Waals surface area contributed by atoms with Crippen LogP contribution in [0.15, 0.2) is 73.1 Å². The monoisotopic (exact) mass is 361 g/mol. The van der Waals surface area contributed by atoms with Gasteiger partial charge in [0, 0.05) is 23.8 Å². The first-order valence-electron chi connectivity index (χ1n) is 8.51. The Morgan fingerprint density at radius 3 is 1.96 bits per heavy atom. The van der Waals surface area contributed by atoms with Crippen molar-refractivity contribution in [3.63, 3.8) is 0 Å². The van der Waals surface area contributed by atoms with E-state index in [2.05, 4.69) is 15.6 Å². The standard InChI is InChI=1S/C21H19N3O3/c1-2-27-19-10-8-18(9-11-19)24-21(26)16-12-15(13-22-14-16)20(25)23-17-6-4-3-5-7-17/h3-14H,2H2,1H3,(H,23,25)(H,24,26). The van der Waals surface area contributed by atoms with Crippen molar-refractivity contribution in [3.05, 3.63) is 84.2 Å². The van der Waals surface area contributed by atoms with E-state index in [0.717, 1.165) is 5.75 Å². The van der Waals surface area contributed by atoms with Crippen LogP contribution >= 0.6 is 0 Å². The van der Waals surface area contributed by atoms with E-state index in [1.54, 1.807) is 36.4 Å². The van der Waals surface area contributed by atoms with Crippen molar-refractivity contribution in [2.45, 2.75) is 6.92 Å². The van der Waals surface area contributed by atoms with Crippen molar-refractivity contribution in [1.29, 1.82) is 0 Å². The van der Waals surface area contributed by atoms with Gasteiger partial charge in [-0.2, -0.15) is 0 Å². The Bertz CT molecular complexity index is 925. The lowest BCUT2D eigenvalue weighted by Gasteiger charge is -2.08. The van der Waals surface area contributed by atoms with Crippen molar-refractivity contribution in [2.24, 2.45) is 0 Å². The molecule has 0 aliphatic rings. The first kappa shape index (κ1) is 18.1. The van der Waals surface area contributed by atoms with E-state index in [-0.39, 0.29) is 11.8 Å². The molecule has 1 heterocycles. The first-order chi connectivity index (χ1) is 13.2. The Labute approximate surface area is 157 Å². The molecular formula is C21H19N3O3. The van der Waals surface area contributed by atoms with Crippen LogP contribution in [0.2, 0.25) is 0 Å². The molecule has 1 aromatic heterocycles. The van der Waals surface area contributed by atoms with Crippen LogP contribution in [0.4, 0.5) is 11.4 Å². The molecule has 0 atom stereocenters. The summed E-state index contributed by atoms with van der Waals surface area (Å²) in [6.45, 7) is 2.48. The number of aromatic nitrogens is 1. The lowest BCUT2D eigenvalue weighted by atomic mass is 10.1. The lowest BCUT2D eigenvalue weighted by Crippen LogP contribution is -2.16. The molecule has 27 heavy (non-hydrogen) atoms. The van der Waals surface area contributed by atoms with Crippen LogP contribution in [-0.2, 0) is 0 Å². The third-order valence-electron chi connectivity index (χ3n) is 3.72. The SMILES string of the molecule is CCOc1ccc(NC(=O)c2cncc(C(=O)Nc3ccccc3)c2)cc1. The number of para-hydroxylation sites is 1. The number of ether oxygens (including phenoxy) is 1. The molecule has 0 unspecified atom stereocenters. The van der Waals surface area contributed by atoms with Gasteiger partial charge in [-0.1, -0.05) is 18.2 Å². The zero-order chi connectivity index (χ0) is 19.1. The van der Waals surface area contributed by atoms with Crippen LogP contribution in [-0.4, -0.2) is 23.4 Å². The molecule has 0 radical (unpaired) electrons. The van der Waals surface area contributed by atoms with Gasteiger partial charge in [-0.25, -0.2) is 0 Å². The minimum absolute atomic E-state index is 0.296. The van der Waals surface area contributed by atoms with E-state index in [4.69, 9.17) is 4.74 Å². The Hall–Kier alpha value is -3.67. The summed E-state index contributed by atoms with van der Waals surface area (Å²) in [4.78, 5) is 28.8. The molecule has 6 heteroatoms. The highest BCUT2D eigenvalue weighted by Crippen LogP contribution is 2.17. The number of amides is 2. The summed E-state index contributed by atoms with van der Waals surface area (Å²) >= 11 is 0. The summed E-state index contributed by atoms with van der Waals surface area (Å²) in [6.07, 6.45) is 2.84. The summed E-state index contributed by atoms with van der Waals surface area (Å²) in [5.74, 6) is 0.0576. The highest BCUT2D eigenvalue weighted by molar-refractivity contribution is 6.08. The highest BCUT2D eigenvalue weighted by atomic mass is 16.5. The largest absolute Gasteiger partial charge is 0.494 e. The van der Waals surface area contributed by atoms with Crippen LogP contribution in [0, 0.1) is 0 Å². The van der Waals surface area contributed by atoms with Gasteiger partial charge in [-0.05, 0) is 49.4 Å². The molecule has 6 nitrogen and oxygen atoms in total. The van der Waals surface area contributed by atoms with Crippen molar-refractivity contribution in [1.82, 2.24) is 4.98 Å². The molecule has 0 fully saturated rings. The average Bonchev–Trinajstić information content (AvgIpc) is 2.70. The van der Waals surface area contributed by atoms with Crippen LogP contribution in [0.25, 0.3) is 0 Å². The van der Waals surface area contributed by atoms with E-state index in [9.17, 15) is 9.59 Å². The fraction of sp³-hybridized carbons (Fsp3) is 0.0952. The van der Waals surface area contributed by atoms with Gasteiger partial charge in [0.15, 0.2) is 0 Å². The quantitative estimate of drug-likeness (QED) is 0.696. The predicted molar refractivity (Wildman–Crippen MR) is 104 cm³/mol. The number of rotatable bonds is 6. The van der Waals surface area contributed by atoms with Gasteiger partial charge in [0.2, 0.25) is 0 Å². The second kappa shape index (κ2) is 8.62. The molecule has 3 aromatic rings. The maximum atomic E-state index is 12.4. The number of nitrogens with one attached hydrogen (secondary N) is 2.